The van der Waals surface area contributed by atoms with Gasteiger partial charge in [0.05, 0.1) is 16.6 Å². The van der Waals surface area contributed by atoms with E-state index in [2.05, 4.69) is 51.8 Å². The Morgan fingerprint density at radius 1 is 1.00 bits per heavy atom. The van der Waals surface area contributed by atoms with Gasteiger partial charge in [-0.15, -0.1) is 0 Å². The minimum Gasteiger partial charge on any atom is -0.457 e. The molecule has 0 N–H and O–H groups in total. The van der Waals surface area contributed by atoms with Crippen LogP contribution in [-0.4, -0.2) is 6.61 Å². The van der Waals surface area contributed by atoms with Gasteiger partial charge in [0, 0.05) is 5.41 Å². The molecule has 0 atom stereocenters. The highest BCUT2D eigenvalue weighted by atomic mass is 79.9. The van der Waals surface area contributed by atoms with Gasteiger partial charge in [-0.05, 0) is 67.8 Å². The van der Waals surface area contributed by atoms with Crippen LogP contribution in [0.3, 0.4) is 0 Å². The number of allylic oxidation sites excluding steroid dienone is 2. The highest BCUT2D eigenvalue weighted by Crippen LogP contribution is 2.23. The maximum Gasteiger partial charge on any atom is 0.127 e. The molecule has 0 bridgehead atoms. The maximum absolute atomic E-state index is 5.90. The van der Waals surface area contributed by atoms with E-state index in [4.69, 9.17) is 9.47 Å². The van der Waals surface area contributed by atoms with Crippen LogP contribution < -0.4 is 4.74 Å². The van der Waals surface area contributed by atoms with Crippen LogP contribution in [0.5, 0.6) is 11.5 Å². The lowest BCUT2D eigenvalue weighted by Gasteiger charge is -2.20. The summed E-state index contributed by atoms with van der Waals surface area (Å²) in [6, 6.07) is 17.8. The molecule has 0 aliphatic rings. The van der Waals surface area contributed by atoms with Gasteiger partial charge >= 0.3 is 0 Å². The molecule has 0 amide bonds. The number of rotatable bonds is 8. The van der Waals surface area contributed by atoms with Crippen LogP contribution in [0.4, 0.5) is 0 Å². The first-order valence-corrected chi connectivity index (χ1v) is 9.63. The predicted octanol–water partition coefficient (Wildman–Crippen LogP) is 7.21. The summed E-state index contributed by atoms with van der Waals surface area (Å²) < 4.78 is 12.7. The van der Waals surface area contributed by atoms with E-state index < -0.39 is 0 Å². The van der Waals surface area contributed by atoms with Crippen molar-refractivity contribution in [2.75, 3.05) is 6.61 Å². The van der Waals surface area contributed by atoms with Crippen LogP contribution in [-0.2, 0) is 11.3 Å². The third kappa shape index (κ3) is 8.04. The number of para-hydroxylation sites is 1. The third-order valence-electron chi connectivity index (χ3n) is 3.39. The average molecular weight is 466 g/mol. The third-order valence-corrected chi connectivity index (χ3v) is 3.92. The van der Waals surface area contributed by atoms with Crippen molar-refractivity contribution < 1.29 is 9.47 Å². The maximum atomic E-state index is 5.90. The quantitative estimate of drug-likeness (QED) is 0.383. The average Bonchev–Trinajstić information content (AvgIpc) is 2.55. The Morgan fingerprint density at radius 2 is 1.72 bits per heavy atom. The normalized spacial score (nSPS) is 11.5. The zero-order chi connectivity index (χ0) is 18.1. The topological polar surface area (TPSA) is 18.5 Å². The van der Waals surface area contributed by atoms with Gasteiger partial charge in [-0.2, -0.15) is 0 Å². The predicted molar refractivity (Wildman–Crippen MR) is 111 cm³/mol. The molecule has 0 radical (unpaired) electrons. The van der Waals surface area contributed by atoms with Gasteiger partial charge in [0.2, 0.25) is 0 Å². The summed E-state index contributed by atoms with van der Waals surface area (Å²) >= 11 is 6.68. The van der Waals surface area contributed by atoms with E-state index in [1.165, 1.54) is 0 Å². The summed E-state index contributed by atoms with van der Waals surface area (Å²) in [5, 5.41) is 0. The second-order valence-electron chi connectivity index (χ2n) is 6.36. The Hall–Kier alpha value is -1.36. The van der Waals surface area contributed by atoms with Gasteiger partial charge in [-0.1, -0.05) is 56.3 Å². The van der Waals surface area contributed by atoms with Crippen LogP contribution in [0.25, 0.3) is 0 Å². The Labute approximate surface area is 166 Å². The first-order valence-electron chi connectivity index (χ1n) is 8.05. The Bertz CT molecular complexity index is 718. The molecule has 2 aromatic carbocycles. The fourth-order valence-corrected chi connectivity index (χ4v) is 2.49. The Kier molecular flexibility index (Phi) is 7.94. The molecule has 0 unspecified atom stereocenters. The van der Waals surface area contributed by atoms with Gasteiger partial charge in [-0.3, -0.25) is 0 Å². The zero-order valence-corrected chi connectivity index (χ0v) is 17.6. The SMILES string of the molecule is CC(C)(C=CC=C(Br)Br)COCc1cccc(Oc2ccccc2)c1. The zero-order valence-electron chi connectivity index (χ0n) is 14.4. The largest absolute Gasteiger partial charge is 0.457 e. The van der Waals surface area contributed by atoms with Crippen LogP contribution in [0.15, 0.2) is 76.2 Å². The number of benzene rings is 2. The lowest BCUT2D eigenvalue weighted by atomic mass is 9.94. The molecule has 0 heterocycles. The van der Waals surface area contributed by atoms with Gasteiger partial charge in [0.25, 0.3) is 0 Å². The van der Waals surface area contributed by atoms with Crippen molar-refractivity contribution >= 4 is 31.9 Å². The Morgan fingerprint density at radius 3 is 2.44 bits per heavy atom. The van der Waals surface area contributed by atoms with Gasteiger partial charge in [0.1, 0.15) is 11.5 Å². The molecule has 0 saturated heterocycles. The van der Waals surface area contributed by atoms with E-state index in [0.717, 1.165) is 20.5 Å². The highest BCUT2D eigenvalue weighted by molar-refractivity contribution is 9.28. The van der Waals surface area contributed by atoms with Gasteiger partial charge in [-0.25, -0.2) is 0 Å². The molecule has 132 valence electrons. The standard InChI is InChI=1S/C21H22Br2O2/c1-21(2,13-7-12-20(22)23)16-24-15-17-8-6-11-19(14-17)25-18-9-4-3-5-10-18/h3-14H,15-16H2,1-2H3. The molecule has 0 spiro atoms. The van der Waals surface area contributed by atoms with E-state index in [-0.39, 0.29) is 5.41 Å². The fraction of sp³-hybridized carbons (Fsp3) is 0.238. The van der Waals surface area contributed by atoms with Crippen molar-refractivity contribution in [1.82, 2.24) is 0 Å². The summed E-state index contributed by atoms with van der Waals surface area (Å²) in [5.41, 5.74) is 1.06. The molecule has 2 rings (SSSR count). The lowest BCUT2D eigenvalue weighted by molar-refractivity contribution is 0.0716. The number of ether oxygens (including phenoxy) is 2. The molecule has 0 aromatic heterocycles. The minimum absolute atomic E-state index is 0.0376. The van der Waals surface area contributed by atoms with Crippen LogP contribution >= 0.6 is 31.9 Å². The lowest BCUT2D eigenvalue weighted by Crippen LogP contribution is -2.16. The van der Waals surface area contributed by atoms with Crippen molar-refractivity contribution in [1.29, 1.82) is 0 Å². The second-order valence-corrected chi connectivity index (χ2v) is 9.13. The first-order chi connectivity index (χ1) is 11.9. The van der Waals surface area contributed by atoms with Crippen molar-refractivity contribution in [3.05, 3.63) is 81.8 Å². The van der Waals surface area contributed by atoms with Gasteiger partial charge in [0.15, 0.2) is 0 Å². The summed E-state index contributed by atoms with van der Waals surface area (Å²) in [4.78, 5) is 0. The number of hydrogen-bond acceptors (Lipinski definition) is 2. The van der Waals surface area contributed by atoms with E-state index in [1.807, 2.05) is 66.7 Å². The smallest absolute Gasteiger partial charge is 0.127 e. The van der Waals surface area contributed by atoms with E-state index in [9.17, 15) is 0 Å². The van der Waals surface area contributed by atoms with E-state index in [0.29, 0.717) is 13.2 Å². The summed E-state index contributed by atoms with van der Waals surface area (Å²) in [7, 11) is 0. The van der Waals surface area contributed by atoms with Crippen molar-refractivity contribution in [3.63, 3.8) is 0 Å². The van der Waals surface area contributed by atoms with E-state index >= 15 is 0 Å². The Balaban J connectivity index is 1.88. The molecule has 2 aromatic rings. The fourth-order valence-electron chi connectivity index (χ4n) is 2.18. The molecule has 2 nitrogen and oxygen atoms in total. The van der Waals surface area contributed by atoms with E-state index in [1.54, 1.807) is 0 Å². The molecule has 4 heteroatoms. The van der Waals surface area contributed by atoms with Crippen molar-refractivity contribution in [3.8, 4) is 11.5 Å². The minimum atomic E-state index is -0.0376. The number of halogens is 2. The highest BCUT2D eigenvalue weighted by Gasteiger charge is 2.13. The molecule has 0 saturated carbocycles. The van der Waals surface area contributed by atoms with Crippen molar-refractivity contribution in [2.45, 2.75) is 20.5 Å². The van der Waals surface area contributed by atoms with Gasteiger partial charge < -0.3 is 9.47 Å². The molecule has 0 fully saturated rings. The molecule has 0 aliphatic carbocycles. The number of hydrogen-bond donors (Lipinski definition) is 0. The summed E-state index contributed by atoms with van der Waals surface area (Å²) in [6.07, 6.45) is 6.09. The second kappa shape index (κ2) is 9.95. The monoisotopic (exact) mass is 464 g/mol. The summed E-state index contributed by atoms with van der Waals surface area (Å²) in [6.45, 7) is 5.49. The summed E-state index contributed by atoms with van der Waals surface area (Å²) in [5.74, 6) is 1.65. The molecular weight excluding hydrogens is 444 g/mol. The molecular formula is C21H22Br2O2. The van der Waals surface area contributed by atoms with Crippen LogP contribution in [0, 0.1) is 5.41 Å². The van der Waals surface area contributed by atoms with Crippen molar-refractivity contribution in [2.24, 2.45) is 5.41 Å². The first kappa shape index (κ1) is 20.0. The molecule has 0 aliphatic heterocycles. The van der Waals surface area contributed by atoms with Crippen LogP contribution in [0.1, 0.15) is 19.4 Å². The van der Waals surface area contributed by atoms with Crippen LogP contribution in [0.2, 0.25) is 0 Å². The molecule has 25 heavy (non-hydrogen) atoms.